The third-order valence-corrected chi connectivity index (χ3v) is 4.32. The van der Waals surface area contributed by atoms with Gasteiger partial charge in [0, 0.05) is 21.1 Å². The Morgan fingerprint density at radius 1 is 1.15 bits per heavy atom. The number of primary amides is 1. The third kappa shape index (κ3) is 4.12. The molecule has 0 unspecified atom stereocenters. The minimum atomic E-state index is -0.994. The van der Waals surface area contributed by atoms with Crippen LogP contribution in [0.15, 0.2) is 63.6 Å². The molecule has 8 heteroatoms. The van der Waals surface area contributed by atoms with E-state index in [0.29, 0.717) is 21.9 Å². The molecule has 2 aromatic carbocycles. The van der Waals surface area contributed by atoms with Crippen molar-refractivity contribution in [3.63, 3.8) is 0 Å². The molecule has 3 N–H and O–H groups in total. The van der Waals surface area contributed by atoms with Crippen molar-refractivity contribution >= 4 is 39.3 Å². The minimum absolute atomic E-state index is 0.0289. The first-order valence-electron chi connectivity index (χ1n) is 7.52. The van der Waals surface area contributed by atoms with Crippen LogP contribution in [0, 0.1) is 0 Å². The third-order valence-electron chi connectivity index (χ3n) is 3.59. The van der Waals surface area contributed by atoms with E-state index in [-0.39, 0.29) is 5.69 Å². The van der Waals surface area contributed by atoms with Crippen LogP contribution in [0.2, 0.25) is 5.02 Å². The van der Waals surface area contributed by atoms with Crippen molar-refractivity contribution < 1.29 is 14.1 Å². The molecule has 1 atom stereocenters. The molecule has 0 saturated carbocycles. The quantitative estimate of drug-likeness (QED) is 0.639. The van der Waals surface area contributed by atoms with Crippen molar-refractivity contribution in [2.24, 2.45) is 5.73 Å². The standard InChI is InChI=1S/C18H13BrClN3O3/c19-12-5-1-4-11(7-12)16(17(21)24)22-18(25)14-9-15(26-23-14)10-3-2-6-13(20)8-10/h1-9,16H,(H2,21,24)(H,22,25)/t16-/m1/s1. The molecular weight excluding hydrogens is 422 g/mol. The fourth-order valence-electron chi connectivity index (χ4n) is 2.37. The molecule has 0 saturated heterocycles. The number of amides is 2. The Morgan fingerprint density at radius 2 is 1.92 bits per heavy atom. The highest BCUT2D eigenvalue weighted by Gasteiger charge is 2.23. The number of carbonyl (C=O) groups excluding carboxylic acids is 2. The molecule has 0 spiro atoms. The van der Waals surface area contributed by atoms with Gasteiger partial charge in [-0.15, -0.1) is 0 Å². The number of nitrogens with two attached hydrogens (primary N) is 1. The molecule has 6 nitrogen and oxygen atoms in total. The lowest BCUT2D eigenvalue weighted by atomic mass is 10.1. The number of nitrogens with one attached hydrogen (secondary N) is 1. The molecule has 2 amide bonds. The molecule has 0 bridgehead atoms. The molecule has 0 aliphatic heterocycles. The number of carbonyl (C=O) groups is 2. The van der Waals surface area contributed by atoms with Crippen LogP contribution in [0.25, 0.3) is 11.3 Å². The number of hydrogen-bond donors (Lipinski definition) is 2. The second-order valence-corrected chi connectivity index (χ2v) is 6.80. The van der Waals surface area contributed by atoms with Gasteiger partial charge in [-0.05, 0) is 29.8 Å². The van der Waals surface area contributed by atoms with Gasteiger partial charge in [0.2, 0.25) is 5.91 Å². The summed E-state index contributed by atoms with van der Waals surface area (Å²) in [6.07, 6.45) is 0. The molecule has 3 rings (SSSR count). The summed E-state index contributed by atoms with van der Waals surface area (Å²) in [5, 5.41) is 6.86. The first-order valence-corrected chi connectivity index (χ1v) is 8.69. The Labute approximate surface area is 162 Å². The van der Waals surface area contributed by atoms with Gasteiger partial charge < -0.3 is 15.6 Å². The summed E-state index contributed by atoms with van der Waals surface area (Å²) in [6.45, 7) is 0. The monoisotopic (exact) mass is 433 g/mol. The number of nitrogens with zero attached hydrogens (tertiary/aromatic N) is 1. The van der Waals surface area contributed by atoms with Crippen LogP contribution in [0.4, 0.5) is 0 Å². The zero-order valence-electron chi connectivity index (χ0n) is 13.3. The summed E-state index contributed by atoms with van der Waals surface area (Å²) in [5.74, 6) is -0.878. The Kier molecular flexibility index (Phi) is 5.39. The van der Waals surface area contributed by atoms with E-state index in [9.17, 15) is 9.59 Å². The van der Waals surface area contributed by atoms with Gasteiger partial charge in [-0.25, -0.2) is 0 Å². The molecule has 0 fully saturated rings. The van der Waals surface area contributed by atoms with Gasteiger partial charge in [-0.1, -0.05) is 57.0 Å². The lowest BCUT2D eigenvalue weighted by molar-refractivity contribution is -0.120. The van der Waals surface area contributed by atoms with E-state index in [1.807, 2.05) is 0 Å². The van der Waals surface area contributed by atoms with Crippen molar-refractivity contribution in [1.82, 2.24) is 10.5 Å². The average Bonchev–Trinajstić information content (AvgIpc) is 3.09. The highest BCUT2D eigenvalue weighted by Crippen LogP contribution is 2.24. The zero-order valence-corrected chi connectivity index (χ0v) is 15.6. The fourth-order valence-corrected chi connectivity index (χ4v) is 2.98. The maximum Gasteiger partial charge on any atom is 0.274 e. The van der Waals surface area contributed by atoms with Crippen LogP contribution in [-0.2, 0) is 4.79 Å². The van der Waals surface area contributed by atoms with Crippen LogP contribution in [0.1, 0.15) is 22.1 Å². The Bertz CT molecular complexity index is 974. The molecule has 0 radical (unpaired) electrons. The normalized spacial score (nSPS) is 11.8. The Hall–Kier alpha value is -2.64. The van der Waals surface area contributed by atoms with Gasteiger partial charge in [0.15, 0.2) is 11.5 Å². The summed E-state index contributed by atoms with van der Waals surface area (Å²) < 4.78 is 5.96. The van der Waals surface area contributed by atoms with Crippen molar-refractivity contribution in [2.75, 3.05) is 0 Å². The van der Waals surface area contributed by atoms with E-state index in [0.717, 1.165) is 4.47 Å². The first-order chi connectivity index (χ1) is 12.4. The molecule has 26 heavy (non-hydrogen) atoms. The van der Waals surface area contributed by atoms with Crippen LogP contribution in [0.3, 0.4) is 0 Å². The summed E-state index contributed by atoms with van der Waals surface area (Å²) in [6, 6.07) is 14.4. The molecule has 0 aliphatic rings. The minimum Gasteiger partial charge on any atom is -0.368 e. The fraction of sp³-hybridized carbons (Fsp3) is 0.0556. The summed E-state index contributed by atoms with van der Waals surface area (Å²) >= 11 is 9.27. The van der Waals surface area contributed by atoms with Crippen molar-refractivity contribution in [1.29, 1.82) is 0 Å². The summed E-state index contributed by atoms with van der Waals surface area (Å²) in [4.78, 5) is 24.2. The van der Waals surface area contributed by atoms with E-state index in [2.05, 4.69) is 26.4 Å². The Balaban J connectivity index is 1.82. The summed E-state index contributed by atoms with van der Waals surface area (Å²) in [7, 11) is 0. The number of rotatable bonds is 5. The van der Waals surface area contributed by atoms with Crippen LogP contribution >= 0.6 is 27.5 Å². The molecule has 0 aliphatic carbocycles. The molecule has 3 aromatic rings. The molecule has 1 heterocycles. The number of halogens is 2. The SMILES string of the molecule is NC(=O)[C@H](NC(=O)c1cc(-c2cccc(Cl)c2)on1)c1cccc(Br)c1. The van der Waals surface area contributed by atoms with Crippen LogP contribution in [-0.4, -0.2) is 17.0 Å². The van der Waals surface area contributed by atoms with E-state index in [1.54, 1.807) is 48.5 Å². The van der Waals surface area contributed by atoms with Gasteiger partial charge >= 0.3 is 0 Å². The number of aromatic nitrogens is 1. The van der Waals surface area contributed by atoms with E-state index in [4.69, 9.17) is 21.9 Å². The number of hydrogen-bond acceptors (Lipinski definition) is 4. The highest BCUT2D eigenvalue weighted by molar-refractivity contribution is 9.10. The van der Waals surface area contributed by atoms with Gasteiger partial charge in [-0.2, -0.15) is 0 Å². The van der Waals surface area contributed by atoms with Crippen molar-refractivity contribution in [2.45, 2.75) is 6.04 Å². The van der Waals surface area contributed by atoms with Crippen LogP contribution in [0.5, 0.6) is 0 Å². The number of benzene rings is 2. The molecular formula is C18H13BrClN3O3. The highest BCUT2D eigenvalue weighted by atomic mass is 79.9. The van der Waals surface area contributed by atoms with E-state index < -0.39 is 17.9 Å². The van der Waals surface area contributed by atoms with Crippen molar-refractivity contribution in [3.8, 4) is 11.3 Å². The second kappa shape index (κ2) is 7.72. The lowest BCUT2D eigenvalue weighted by Gasteiger charge is -2.15. The maximum atomic E-state index is 12.5. The largest absolute Gasteiger partial charge is 0.368 e. The Morgan fingerprint density at radius 3 is 2.62 bits per heavy atom. The predicted molar refractivity (Wildman–Crippen MR) is 100 cm³/mol. The van der Waals surface area contributed by atoms with Gasteiger partial charge in [0.1, 0.15) is 6.04 Å². The van der Waals surface area contributed by atoms with E-state index >= 15 is 0 Å². The predicted octanol–water partition coefficient (Wildman–Crippen LogP) is 3.71. The lowest BCUT2D eigenvalue weighted by Crippen LogP contribution is -2.37. The van der Waals surface area contributed by atoms with E-state index in [1.165, 1.54) is 6.07 Å². The smallest absolute Gasteiger partial charge is 0.274 e. The summed E-state index contributed by atoms with van der Waals surface area (Å²) in [5.41, 5.74) is 6.70. The second-order valence-electron chi connectivity index (χ2n) is 5.45. The van der Waals surface area contributed by atoms with Gasteiger partial charge in [-0.3, -0.25) is 9.59 Å². The average molecular weight is 435 g/mol. The van der Waals surface area contributed by atoms with Gasteiger partial charge in [0.25, 0.3) is 5.91 Å². The molecule has 1 aromatic heterocycles. The van der Waals surface area contributed by atoms with Crippen LogP contribution < -0.4 is 11.1 Å². The first kappa shape index (κ1) is 18.2. The topological polar surface area (TPSA) is 98.2 Å². The van der Waals surface area contributed by atoms with Crippen molar-refractivity contribution in [3.05, 3.63) is 75.4 Å². The molecule has 132 valence electrons. The van der Waals surface area contributed by atoms with Gasteiger partial charge in [0.05, 0.1) is 0 Å². The maximum absolute atomic E-state index is 12.5. The zero-order chi connectivity index (χ0) is 18.7.